The van der Waals surface area contributed by atoms with Crippen LogP contribution < -0.4 is 14.8 Å². The van der Waals surface area contributed by atoms with Gasteiger partial charge < -0.3 is 9.64 Å². The molecule has 0 aromatic heterocycles. The molecule has 1 heterocycles. The molecule has 1 unspecified atom stereocenters. The zero-order valence-corrected chi connectivity index (χ0v) is 12.3. The summed E-state index contributed by atoms with van der Waals surface area (Å²) in [5.41, 5.74) is 0.946. The van der Waals surface area contributed by atoms with Crippen molar-refractivity contribution in [3.8, 4) is 11.8 Å². The van der Waals surface area contributed by atoms with Crippen LogP contribution >= 0.6 is 0 Å². The lowest BCUT2D eigenvalue weighted by molar-refractivity contribution is -0.117. The first-order chi connectivity index (χ1) is 9.84. The third kappa shape index (κ3) is 3.51. The SMILES string of the molecule is COc1cc(C#N)ccc1N1CC(CS(N)(=O)=O)CC1=O. The third-order valence-corrected chi connectivity index (χ3v) is 4.21. The molecule has 0 aliphatic carbocycles. The lowest BCUT2D eigenvalue weighted by Gasteiger charge is -2.19. The number of nitrogens with two attached hydrogens (primary N) is 1. The number of benzene rings is 1. The topological polar surface area (TPSA) is 113 Å². The minimum Gasteiger partial charge on any atom is -0.495 e. The van der Waals surface area contributed by atoms with Crippen LogP contribution in [0.2, 0.25) is 0 Å². The maximum atomic E-state index is 12.1. The molecule has 0 bridgehead atoms. The summed E-state index contributed by atoms with van der Waals surface area (Å²) in [6.07, 6.45) is 0.125. The molecular weight excluding hydrogens is 294 g/mol. The van der Waals surface area contributed by atoms with E-state index >= 15 is 0 Å². The lowest BCUT2D eigenvalue weighted by atomic mass is 10.1. The number of amides is 1. The molecule has 1 aromatic carbocycles. The number of rotatable bonds is 4. The number of hydrogen-bond donors (Lipinski definition) is 1. The molecule has 8 heteroatoms. The molecule has 0 spiro atoms. The highest BCUT2D eigenvalue weighted by Crippen LogP contribution is 2.33. The summed E-state index contributed by atoms with van der Waals surface area (Å²) >= 11 is 0. The van der Waals surface area contributed by atoms with Crippen molar-refractivity contribution in [2.24, 2.45) is 11.1 Å². The smallest absolute Gasteiger partial charge is 0.227 e. The van der Waals surface area contributed by atoms with Crippen molar-refractivity contribution in [3.63, 3.8) is 0 Å². The van der Waals surface area contributed by atoms with E-state index in [9.17, 15) is 13.2 Å². The summed E-state index contributed by atoms with van der Waals surface area (Å²) in [6, 6.07) is 6.73. The second-order valence-electron chi connectivity index (χ2n) is 4.90. The van der Waals surface area contributed by atoms with Gasteiger partial charge in [0.15, 0.2) is 0 Å². The maximum Gasteiger partial charge on any atom is 0.227 e. The van der Waals surface area contributed by atoms with Crippen molar-refractivity contribution in [1.29, 1.82) is 5.26 Å². The molecule has 1 amide bonds. The summed E-state index contributed by atoms with van der Waals surface area (Å²) < 4.78 is 27.5. The van der Waals surface area contributed by atoms with Gasteiger partial charge in [0.1, 0.15) is 5.75 Å². The number of carbonyl (C=O) groups excluding carboxylic acids is 1. The Morgan fingerprint density at radius 1 is 1.52 bits per heavy atom. The molecule has 1 aromatic rings. The van der Waals surface area contributed by atoms with Crippen molar-refractivity contribution in [2.45, 2.75) is 6.42 Å². The van der Waals surface area contributed by atoms with Crippen LogP contribution in [0.25, 0.3) is 0 Å². The lowest BCUT2D eigenvalue weighted by Crippen LogP contribution is -2.27. The van der Waals surface area contributed by atoms with Crippen LogP contribution in [0.3, 0.4) is 0 Å². The van der Waals surface area contributed by atoms with Gasteiger partial charge in [0.2, 0.25) is 15.9 Å². The number of hydrogen-bond acceptors (Lipinski definition) is 5. The fourth-order valence-electron chi connectivity index (χ4n) is 2.42. The van der Waals surface area contributed by atoms with Crippen LogP contribution in [0.15, 0.2) is 18.2 Å². The van der Waals surface area contributed by atoms with E-state index in [2.05, 4.69) is 0 Å². The fourth-order valence-corrected chi connectivity index (χ4v) is 3.31. The predicted octanol–water partition coefficient (Wildman–Crippen LogP) is 0.208. The van der Waals surface area contributed by atoms with Gasteiger partial charge in [-0.05, 0) is 12.1 Å². The summed E-state index contributed by atoms with van der Waals surface area (Å²) in [7, 11) is -2.17. The number of methoxy groups -OCH3 is 1. The summed E-state index contributed by atoms with van der Waals surface area (Å²) in [5.74, 6) is -0.355. The van der Waals surface area contributed by atoms with E-state index in [0.29, 0.717) is 17.0 Å². The Morgan fingerprint density at radius 2 is 2.24 bits per heavy atom. The second kappa shape index (κ2) is 5.71. The number of sulfonamides is 1. The van der Waals surface area contributed by atoms with Gasteiger partial charge in [0.25, 0.3) is 0 Å². The average Bonchev–Trinajstić information content (AvgIpc) is 2.76. The highest BCUT2D eigenvalue weighted by atomic mass is 32.2. The second-order valence-corrected chi connectivity index (χ2v) is 6.56. The van der Waals surface area contributed by atoms with Crippen molar-refractivity contribution in [1.82, 2.24) is 0 Å². The number of nitrogens with zero attached hydrogens (tertiary/aromatic N) is 2. The van der Waals surface area contributed by atoms with E-state index in [1.165, 1.54) is 18.1 Å². The average molecular weight is 309 g/mol. The molecule has 2 N–H and O–H groups in total. The molecule has 1 fully saturated rings. The fraction of sp³-hybridized carbons (Fsp3) is 0.385. The van der Waals surface area contributed by atoms with Crippen molar-refractivity contribution < 1.29 is 17.9 Å². The number of anilines is 1. The standard InChI is InChI=1S/C13H15N3O4S/c1-20-12-4-9(6-14)2-3-11(12)16-7-10(5-13(16)17)8-21(15,18)19/h2-4,10H,5,7-8H2,1H3,(H2,15,18,19). The molecular formula is C13H15N3O4S. The Kier molecular flexibility index (Phi) is 4.16. The molecule has 2 rings (SSSR count). The first-order valence-electron chi connectivity index (χ1n) is 6.23. The molecule has 21 heavy (non-hydrogen) atoms. The minimum absolute atomic E-state index is 0.125. The molecule has 0 radical (unpaired) electrons. The van der Waals surface area contributed by atoms with E-state index in [1.807, 2.05) is 6.07 Å². The van der Waals surface area contributed by atoms with Crippen LogP contribution in [-0.4, -0.2) is 33.7 Å². The highest BCUT2D eigenvalue weighted by molar-refractivity contribution is 7.89. The molecule has 7 nitrogen and oxygen atoms in total. The van der Waals surface area contributed by atoms with Gasteiger partial charge in [0.05, 0.1) is 30.2 Å². The monoisotopic (exact) mass is 309 g/mol. The first-order valence-corrected chi connectivity index (χ1v) is 7.94. The van der Waals surface area contributed by atoms with Gasteiger partial charge in [-0.1, -0.05) is 0 Å². The Morgan fingerprint density at radius 3 is 2.81 bits per heavy atom. The van der Waals surface area contributed by atoms with Gasteiger partial charge in [-0.3, -0.25) is 4.79 Å². The van der Waals surface area contributed by atoms with Gasteiger partial charge in [-0.2, -0.15) is 5.26 Å². The van der Waals surface area contributed by atoms with Crippen molar-refractivity contribution >= 4 is 21.6 Å². The molecule has 1 aliphatic rings. The molecule has 1 saturated heterocycles. The van der Waals surface area contributed by atoms with Gasteiger partial charge in [-0.25, -0.2) is 13.6 Å². The Balaban J connectivity index is 2.27. The van der Waals surface area contributed by atoms with Crippen molar-refractivity contribution in [2.75, 3.05) is 24.3 Å². The van der Waals surface area contributed by atoms with Crippen molar-refractivity contribution in [3.05, 3.63) is 23.8 Å². The van der Waals surface area contributed by atoms with Crippen LogP contribution in [0, 0.1) is 17.2 Å². The molecule has 1 atom stereocenters. The first kappa shape index (κ1) is 15.3. The number of ether oxygens (including phenoxy) is 1. The largest absolute Gasteiger partial charge is 0.495 e. The number of carbonyl (C=O) groups is 1. The zero-order chi connectivity index (χ0) is 15.6. The molecule has 112 valence electrons. The summed E-state index contributed by atoms with van der Waals surface area (Å²) in [5, 5.41) is 13.9. The van der Waals surface area contributed by atoms with Gasteiger partial charge >= 0.3 is 0 Å². The van der Waals surface area contributed by atoms with Crippen LogP contribution in [0.1, 0.15) is 12.0 Å². The summed E-state index contributed by atoms with van der Waals surface area (Å²) in [6.45, 7) is 0.261. The maximum absolute atomic E-state index is 12.1. The van der Waals surface area contributed by atoms with E-state index in [0.717, 1.165) is 0 Å². The van der Waals surface area contributed by atoms with E-state index < -0.39 is 10.0 Å². The predicted molar refractivity (Wildman–Crippen MR) is 76.1 cm³/mol. The van der Waals surface area contributed by atoms with E-state index in [-0.39, 0.29) is 30.5 Å². The number of nitriles is 1. The molecule has 1 aliphatic heterocycles. The van der Waals surface area contributed by atoms with Crippen LogP contribution in [-0.2, 0) is 14.8 Å². The summed E-state index contributed by atoms with van der Waals surface area (Å²) in [4.78, 5) is 13.5. The Hall–Kier alpha value is -2.11. The van der Waals surface area contributed by atoms with E-state index in [4.69, 9.17) is 15.1 Å². The van der Waals surface area contributed by atoms with Crippen LogP contribution in [0.5, 0.6) is 5.75 Å². The Bertz CT molecular complexity index is 709. The van der Waals surface area contributed by atoms with Crippen LogP contribution in [0.4, 0.5) is 5.69 Å². The van der Waals surface area contributed by atoms with Gasteiger partial charge in [-0.15, -0.1) is 0 Å². The quantitative estimate of drug-likeness (QED) is 0.854. The van der Waals surface area contributed by atoms with E-state index in [1.54, 1.807) is 12.1 Å². The number of primary sulfonamides is 1. The highest BCUT2D eigenvalue weighted by Gasteiger charge is 2.34. The Labute approximate surface area is 123 Å². The minimum atomic E-state index is -3.62. The zero-order valence-electron chi connectivity index (χ0n) is 11.4. The third-order valence-electron chi connectivity index (χ3n) is 3.27. The van der Waals surface area contributed by atoms with Gasteiger partial charge in [0, 0.05) is 24.9 Å². The molecule has 0 saturated carbocycles. The normalized spacial score (nSPS) is 18.6.